The summed E-state index contributed by atoms with van der Waals surface area (Å²) in [6, 6.07) is 8.24. The fourth-order valence-electron chi connectivity index (χ4n) is 1.23. The Balaban J connectivity index is 2.62. The van der Waals surface area contributed by atoms with Gasteiger partial charge >= 0.3 is 0 Å². The van der Waals surface area contributed by atoms with Crippen LogP contribution in [0.15, 0.2) is 29.2 Å². The van der Waals surface area contributed by atoms with Crippen molar-refractivity contribution in [1.82, 2.24) is 4.90 Å². The van der Waals surface area contributed by atoms with Crippen molar-refractivity contribution < 1.29 is 4.79 Å². The molecule has 1 aromatic rings. The molecule has 3 heteroatoms. The summed E-state index contributed by atoms with van der Waals surface area (Å²) in [5, 5.41) is -0.0253. The molecule has 1 atom stereocenters. The zero-order valence-corrected chi connectivity index (χ0v) is 10.5. The Kier molecular flexibility index (Phi) is 4.21. The molecule has 0 fully saturated rings. The molecule has 1 unspecified atom stereocenters. The predicted molar refractivity (Wildman–Crippen MR) is 65.2 cm³/mol. The number of nitrogens with zero attached hydrogens (tertiary/aromatic N) is 1. The molecular weight excluding hydrogens is 206 g/mol. The van der Waals surface area contributed by atoms with E-state index in [-0.39, 0.29) is 11.2 Å². The lowest BCUT2D eigenvalue weighted by Crippen LogP contribution is -2.29. The SMILES string of the molecule is Cc1ccc(SC(C)C(=O)N(C)C)cc1. The van der Waals surface area contributed by atoms with Crippen LogP contribution >= 0.6 is 11.8 Å². The van der Waals surface area contributed by atoms with Gasteiger partial charge in [0.05, 0.1) is 5.25 Å². The van der Waals surface area contributed by atoms with Crippen molar-refractivity contribution in [3.8, 4) is 0 Å². The molecule has 82 valence electrons. The van der Waals surface area contributed by atoms with Crippen LogP contribution in [0.5, 0.6) is 0 Å². The first-order valence-corrected chi connectivity index (χ1v) is 5.83. The largest absolute Gasteiger partial charge is 0.348 e. The molecule has 15 heavy (non-hydrogen) atoms. The number of rotatable bonds is 3. The number of thioether (sulfide) groups is 1. The molecule has 0 aromatic heterocycles. The fraction of sp³-hybridized carbons (Fsp3) is 0.417. The van der Waals surface area contributed by atoms with Gasteiger partial charge in [-0.05, 0) is 26.0 Å². The zero-order chi connectivity index (χ0) is 11.4. The van der Waals surface area contributed by atoms with Crippen molar-refractivity contribution in [2.75, 3.05) is 14.1 Å². The topological polar surface area (TPSA) is 20.3 Å². The third-order valence-electron chi connectivity index (χ3n) is 2.12. The van der Waals surface area contributed by atoms with Crippen molar-refractivity contribution >= 4 is 17.7 Å². The summed E-state index contributed by atoms with van der Waals surface area (Å²) in [6.45, 7) is 4.00. The van der Waals surface area contributed by atoms with E-state index in [1.54, 1.807) is 30.8 Å². The maximum absolute atomic E-state index is 11.6. The van der Waals surface area contributed by atoms with Gasteiger partial charge in [-0.15, -0.1) is 11.8 Å². The highest BCUT2D eigenvalue weighted by Gasteiger charge is 2.15. The summed E-state index contributed by atoms with van der Waals surface area (Å²) < 4.78 is 0. The summed E-state index contributed by atoms with van der Waals surface area (Å²) in [7, 11) is 3.57. The molecule has 1 aromatic carbocycles. The van der Waals surface area contributed by atoms with E-state index in [9.17, 15) is 4.79 Å². The van der Waals surface area contributed by atoms with E-state index in [1.807, 2.05) is 6.92 Å². The van der Waals surface area contributed by atoms with Gasteiger partial charge < -0.3 is 4.90 Å². The summed E-state index contributed by atoms with van der Waals surface area (Å²) in [5.74, 6) is 0.153. The average molecular weight is 223 g/mol. The lowest BCUT2D eigenvalue weighted by molar-refractivity contribution is -0.127. The fourth-order valence-corrected chi connectivity index (χ4v) is 2.25. The third-order valence-corrected chi connectivity index (χ3v) is 3.22. The Morgan fingerprint density at radius 2 is 1.80 bits per heavy atom. The summed E-state index contributed by atoms with van der Waals surface area (Å²) in [6.07, 6.45) is 0. The quantitative estimate of drug-likeness (QED) is 0.734. The van der Waals surface area contributed by atoms with E-state index >= 15 is 0 Å². The second-order valence-electron chi connectivity index (χ2n) is 3.81. The van der Waals surface area contributed by atoms with Gasteiger partial charge in [0.2, 0.25) is 5.91 Å². The lowest BCUT2D eigenvalue weighted by atomic mass is 10.2. The molecule has 0 heterocycles. The molecule has 0 aliphatic carbocycles. The van der Waals surface area contributed by atoms with Crippen LogP contribution in [-0.4, -0.2) is 30.2 Å². The highest BCUT2D eigenvalue weighted by molar-refractivity contribution is 8.00. The smallest absolute Gasteiger partial charge is 0.235 e. The van der Waals surface area contributed by atoms with Crippen LogP contribution in [0, 0.1) is 6.92 Å². The van der Waals surface area contributed by atoms with Crippen LogP contribution in [0.2, 0.25) is 0 Å². The number of carbonyl (C=O) groups is 1. The lowest BCUT2D eigenvalue weighted by Gasteiger charge is -2.16. The Morgan fingerprint density at radius 3 is 2.27 bits per heavy atom. The second kappa shape index (κ2) is 5.21. The number of hydrogen-bond acceptors (Lipinski definition) is 2. The first kappa shape index (κ1) is 12.1. The molecule has 0 saturated heterocycles. The minimum Gasteiger partial charge on any atom is -0.348 e. The van der Waals surface area contributed by atoms with Gasteiger partial charge in [0.15, 0.2) is 0 Å². The molecule has 0 aliphatic rings. The van der Waals surface area contributed by atoms with E-state index in [0.29, 0.717) is 0 Å². The minimum absolute atomic E-state index is 0.0253. The Labute approximate surface area is 95.7 Å². The molecular formula is C12H17NOS. The van der Waals surface area contributed by atoms with Crippen molar-refractivity contribution in [2.45, 2.75) is 24.0 Å². The predicted octanol–water partition coefficient (Wildman–Crippen LogP) is 2.56. The molecule has 0 saturated carbocycles. The van der Waals surface area contributed by atoms with Crippen LogP contribution in [0.3, 0.4) is 0 Å². The highest BCUT2D eigenvalue weighted by Crippen LogP contribution is 2.24. The molecule has 0 N–H and O–H groups in total. The summed E-state index contributed by atoms with van der Waals surface area (Å²) >= 11 is 1.60. The van der Waals surface area contributed by atoms with E-state index in [4.69, 9.17) is 0 Å². The van der Waals surface area contributed by atoms with Crippen molar-refractivity contribution in [2.24, 2.45) is 0 Å². The van der Waals surface area contributed by atoms with E-state index < -0.39 is 0 Å². The van der Waals surface area contributed by atoms with Gasteiger partial charge in [-0.2, -0.15) is 0 Å². The summed E-state index contributed by atoms with van der Waals surface area (Å²) in [4.78, 5) is 14.4. The van der Waals surface area contributed by atoms with E-state index in [0.717, 1.165) is 4.90 Å². The van der Waals surface area contributed by atoms with Gasteiger partial charge in [0.25, 0.3) is 0 Å². The van der Waals surface area contributed by atoms with Gasteiger partial charge in [-0.25, -0.2) is 0 Å². The molecule has 0 spiro atoms. The van der Waals surface area contributed by atoms with Gasteiger partial charge in [-0.3, -0.25) is 4.79 Å². The first-order valence-electron chi connectivity index (χ1n) is 4.95. The molecule has 1 rings (SSSR count). The van der Waals surface area contributed by atoms with Crippen molar-refractivity contribution in [1.29, 1.82) is 0 Å². The summed E-state index contributed by atoms with van der Waals surface area (Å²) in [5.41, 5.74) is 1.24. The Morgan fingerprint density at radius 1 is 1.27 bits per heavy atom. The van der Waals surface area contributed by atoms with Gasteiger partial charge in [-0.1, -0.05) is 17.7 Å². The highest BCUT2D eigenvalue weighted by atomic mass is 32.2. The van der Waals surface area contributed by atoms with Gasteiger partial charge in [0.1, 0.15) is 0 Å². The number of hydrogen-bond donors (Lipinski definition) is 0. The third kappa shape index (κ3) is 3.59. The van der Waals surface area contributed by atoms with Crippen LogP contribution in [0.4, 0.5) is 0 Å². The van der Waals surface area contributed by atoms with Gasteiger partial charge in [0, 0.05) is 19.0 Å². The minimum atomic E-state index is -0.0253. The number of amides is 1. The van der Waals surface area contributed by atoms with Crippen LogP contribution in [0.1, 0.15) is 12.5 Å². The first-order chi connectivity index (χ1) is 7.00. The average Bonchev–Trinajstić information content (AvgIpc) is 2.20. The number of aryl methyl sites for hydroxylation is 1. The monoisotopic (exact) mass is 223 g/mol. The zero-order valence-electron chi connectivity index (χ0n) is 9.65. The van der Waals surface area contributed by atoms with Crippen molar-refractivity contribution in [3.63, 3.8) is 0 Å². The van der Waals surface area contributed by atoms with E-state index in [2.05, 4.69) is 31.2 Å². The van der Waals surface area contributed by atoms with E-state index in [1.165, 1.54) is 5.56 Å². The number of carbonyl (C=O) groups excluding carboxylic acids is 1. The Bertz CT molecular complexity index is 332. The van der Waals surface area contributed by atoms with Crippen LogP contribution in [-0.2, 0) is 4.79 Å². The standard InChI is InChI=1S/C12H17NOS/c1-9-5-7-11(8-6-9)15-10(2)12(14)13(3)4/h5-8,10H,1-4H3. The normalized spacial score (nSPS) is 12.3. The second-order valence-corrected chi connectivity index (χ2v) is 5.22. The maximum atomic E-state index is 11.6. The Hall–Kier alpha value is -0.960. The maximum Gasteiger partial charge on any atom is 0.235 e. The molecule has 1 amide bonds. The molecule has 2 nitrogen and oxygen atoms in total. The molecule has 0 radical (unpaired) electrons. The molecule has 0 bridgehead atoms. The number of benzene rings is 1. The molecule has 0 aliphatic heterocycles. The van der Waals surface area contributed by atoms with Crippen molar-refractivity contribution in [3.05, 3.63) is 29.8 Å². The van der Waals surface area contributed by atoms with Crippen LogP contribution < -0.4 is 0 Å². The van der Waals surface area contributed by atoms with Crippen LogP contribution in [0.25, 0.3) is 0 Å².